The van der Waals surface area contributed by atoms with Crippen molar-refractivity contribution in [1.82, 2.24) is 0 Å². The average molecular weight is 251 g/mol. The molecule has 0 amide bonds. The summed E-state index contributed by atoms with van der Waals surface area (Å²) < 4.78 is 5.64. The highest BCUT2D eigenvalue weighted by atomic mass is 16.5. The number of rotatable bonds is 6. The molecule has 0 saturated heterocycles. The molecule has 1 atom stereocenters. The van der Waals surface area contributed by atoms with Gasteiger partial charge in [-0.2, -0.15) is 0 Å². The number of ether oxygens (including phenoxy) is 1. The van der Waals surface area contributed by atoms with Gasteiger partial charge in [0.2, 0.25) is 0 Å². The Bertz CT molecular complexity index is 427. The van der Waals surface area contributed by atoms with E-state index in [1.165, 1.54) is 12.5 Å². The van der Waals surface area contributed by atoms with E-state index in [2.05, 4.69) is 0 Å². The number of nitrogens with two attached hydrogens (primary N) is 1. The Hall–Kier alpha value is -1.55. The Morgan fingerprint density at radius 2 is 2.11 bits per heavy atom. The number of aliphatic carboxylic acids is 1. The summed E-state index contributed by atoms with van der Waals surface area (Å²) in [6, 6.07) is 5.90. The summed E-state index contributed by atoms with van der Waals surface area (Å²) in [6.07, 6.45) is 1.01. The normalized spacial score (nSPS) is 14.0. The van der Waals surface area contributed by atoms with Crippen LogP contribution in [0.1, 0.15) is 30.9 Å². The Labute approximate surface area is 108 Å². The summed E-state index contributed by atoms with van der Waals surface area (Å²) in [5.74, 6) is -0.127. The van der Waals surface area contributed by atoms with E-state index in [4.69, 9.17) is 15.6 Å². The maximum atomic E-state index is 10.8. The zero-order valence-corrected chi connectivity index (χ0v) is 11.2. The van der Waals surface area contributed by atoms with Crippen LogP contribution in [0.2, 0.25) is 0 Å². The summed E-state index contributed by atoms with van der Waals surface area (Å²) in [5, 5.41) is 8.87. The van der Waals surface area contributed by atoms with Crippen LogP contribution in [0.3, 0.4) is 0 Å². The summed E-state index contributed by atoms with van der Waals surface area (Å²) in [6.45, 7) is 6.04. The van der Waals surface area contributed by atoms with Gasteiger partial charge in [-0.15, -0.1) is 0 Å². The van der Waals surface area contributed by atoms with Crippen LogP contribution in [-0.2, 0) is 4.79 Å². The highest BCUT2D eigenvalue weighted by Crippen LogP contribution is 2.21. The van der Waals surface area contributed by atoms with Crippen LogP contribution in [0.5, 0.6) is 5.75 Å². The van der Waals surface area contributed by atoms with E-state index in [0.717, 1.165) is 11.3 Å². The standard InChI is InChI=1S/C14H21NO3/c1-10-6-4-7-12(11(10)2)18-9-5-8-14(3,15)13(16)17/h4,6-7H,5,8-9,15H2,1-3H3,(H,16,17). The van der Waals surface area contributed by atoms with Crippen molar-refractivity contribution in [3.8, 4) is 5.75 Å². The molecule has 4 heteroatoms. The van der Waals surface area contributed by atoms with Gasteiger partial charge in [0.25, 0.3) is 0 Å². The lowest BCUT2D eigenvalue weighted by Gasteiger charge is -2.19. The van der Waals surface area contributed by atoms with E-state index in [9.17, 15) is 4.79 Å². The van der Waals surface area contributed by atoms with E-state index in [1.807, 2.05) is 32.0 Å². The maximum Gasteiger partial charge on any atom is 0.323 e. The molecular formula is C14H21NO3. The lowest BCUT2D eigenvalue weighted by molar-refractivity contribution is -0.142. The molecule has 1 rings (SSSR count). The third-order valence-electron chi connectivity index (χ3n) is 3.14. The number of hydrogen-bond acceptors (Lipinski definition) is 3. The number of carboxylic acid groups (broad SMARTS) is 1. The van der Waals surface area contributed by atoms with Crippen LogP contribution in [0.25, 0.3) is 0 Å². The molecule has 0 bridgehead atoms. The van der Waals surface area contributed by atoms with Crippen molar-refractivity contribution in [2.75, 3.05) is 6.61 Å². The molecule has 1 unspecified atom stereocenters. The first-order valence-electron chi connectivity index (χ1n) is 6.06. The maximum absolute atomic E-state index is 10.8. The molecule has 0 aromatic heterocycles. The first-order chi connectivity index (χ1) is 8.34. The monoisotopic (exact) mass is 251 g/mol. The fraction of sp³-hybridized carbons (Fsp3) is 0.500. The molecule has 0 aliphatic heterocycles. The second-order valence-corrected chi connectivity index (χ2v) is 4.87. The van der Waals surface area contributed by atoms with E-state index in [1.54, 1.807) is 0 Å². The van der Waals surface area contributed by atoms with Gasteiger partial charge < -0.3 is 15.6 Å². The van der Waals surface area contributed by atoms with Crippen LogP contribution in [-0.4, -0.2) is 23.2 Å². The molecule has 18 heavy (non-hydrogen) atoms. The number of carboxylic acids is 1. The topological polar surface area (TPSA) is 72.5 Å². The lowest BCUT2D eigenvalue weighted by atomic mass is 9.98. The molecule has 1 aromatic rings. The van der Waals surface area contributed by atoms with Crippen LogP contribution >= 0.6 is 0 Å². The summed E-state index contributed by atoms with van der Waals surface area (Å²) >= 11 is 0. The van der Waals surface area contributed by atoms with Gasteiger partial charge >= 0.3 is 5.97 Å². The Morgan fingerprint density at radius 1 is 1.44 bits per heavy atom. The first-order valence-corrected chi connectivity index (χ1v) is 6.06. The largest absolute Gasteiger partial charge is 0.493 e. The molecule has 4 nitrogen and oxygen atoms in total. The summed E-state index contributed by atoms with van der Waals surface area (Å²) in [5.41, 5.74) is 6.76. The van der Waals surface area contributed by atoms with Gasteiger partial charge in [0.15, 0.2) is 0 Å². The van der Waals surface area contributed by atoms with Gasteiger partial charge in [-0.05, 0) is 50.8 Å². The number of hydrogen-bond donors (Lipinski definition) is 2. The molecule has 0 aliphatic rings. The van der Waals surface area contributed by atoms with Crippen molar-refractivity contribution >= 4 is 5.97 Å². The predicted octanol–water partition coefficient (Wildman–Crippen LogP) is 2.26. The van der Waals surface area contributed by atoms with Gasteiger partial charge in [0, 0.05) is 0 Å². The number of carbonyl (C=O) groups is 1. The fourth-order valence-electron chi connectivity index (χ4n) is 1.61. The third kappa shape index (κ3) is 3.74. The van der Waals surface area contributed by atoms with E-state index < -0.39 is 11.5 Å². The minimum Gasteiger partial charge on any atom is -0.493 e. The van der Waals surface area contributed by atoms with Gasteiger partial charge in [-0.3, -0.25) is 4.79 Å². The van der Waals surface area contributed by atoms with Crippen molar-refractivity contribution in [3.63, 3.8) is 0 Å². The van der Waals surface area contributed by atoms with Crippen molar-refractivity contribution in [3.05, 3.63) is 29.3 Å². The lowest BCUT2D eigenvalue weighted by Crippen LogP contribution is -2.44. The highest BCUT2D eigenvalue weighted by molar-refractivity contribution is 5.77. The van der Waals surface area contributed by atoms with E-state index >= 15 is 0 Å². The van der Waals surface area contributed by atoms with Crippen LogP contribution in [0.4, 0.5) is 0 Å². The number of benzene rings is 1. The van der Waals surface area contributed by atoms with E-state index in [0.29, 0.717) is 19.4 Å². The van der Waals surface area contributed by atoms with Crippen molar-refractivity contribution < 1.29 is 14.6 Å². The fourth-order valence-corrected chi connectivity index (χ4v) is 1.61. The SMILES string of the molecule is Cc1cccc(OCCCC(C)(N)C(=O)O)c1C. The van der Waals surface area contributed by atoms with Crippen LogP contribution < -0.4 is 10.5 Å². The smallest absolute Gasteiger partial charge is 0.323 e. The minimum absolute atomic E-state index is 0.396. The Balaban J connectivity index is 2.43. The van der Waals surface area contributed by atoms with Gasteiger partial charge in [0.05, 0.1) is 6.61 Å². The van der Waals surface area contributed by atoms with Gasteiger partial charge in [-0.1, -0.05) is 12.1 Å². The van der Waals surface area contributed by atoms with Crippen molar-refractivity contribution in [2.45, 2.75) is 39.2 Å². The predicted molar refractivity (Wildman–Crippen MR) is 70.9 cm³/mol. The molecule has 0 spiro atoms. The quantitative estimate of drug-likeness (QED) is 0.761. The minimum atomic E-state index is -1.18. The van der Waals surface area contributed by atoms with Crippen molar-refractivity contribution in [1.29, 1.82) is 0 Å². The Morgan fingerprint density at radius 3 is 2.72 bits per heavy atom. The van der Waals surface area contributed by atoms with Gasteiger partial charge in [0.1, 0.15) is 11.3 Å². The van der Waals surface area contributed by atoms with Crippen LogP contribution in [0.15, 0.2) is 18.2 Å². The summed E-state index contributed by atoms with van der Waals surface area (Å²) in [4.78, 5) is 10.8. The zero-order chi connectivity index (χ0) is 13.8. The molecule has 100 valence electrons. The van der Waals surface area contributed by atoms with E-state index in [-0.39, 0.29) is 0 Å². The molecule has 1 aromatic carbocycles. The second-order valence-electron chi connectivity index (χ2n) is 4.87. The molecule has 0 heterocycles. The average Bonchev–Trinajstić information content (AvgIpc) is 2.29. The molecule has 0 saturated carbocycles. The number of aryl methyl sites for hydroxylation is 1. The molecular weight excluding hydrogens is 230 g/mol. The molecule has 3 N–H and O–H groups in total. The van der Waals surface area contributed by atoms with Crippen LogP contribution in [0, 0.1) is 13.8 Å². The Kier molecular flexibility index (Phi) is 4.73. The summed E-state index contributed by atoms with van der Waals surface area (Å²) in [7, 11) is 0. The third-order valence-corrected chi connectivity index (χ3v) is 3.14. The molecule has 0 aliphatic carbocycles. The zero-order valence-electron chi connectivity index (χ0n) is 11.2. The molecule has 0 fully saturated rings. The first kappa shape index (κ1) is 14.5. The molecule has 0 radical (unpaired) electrons. The van der Waals surface area contributed by atoms with Gasteiger partial charge in [-0.25, -0.2) is 0 Å². The second kappa shape index (κ2) is 5.87. The highest BCUT2D eigenvalue weighted by Gasteiger charge is 2.26. The van der Waals surface area contributed by atoms with Crippen molar-refractivity contribution in [2.24, 2.45) is 5.73 Å².